The second-order valence-corrected chi connectivity index (χ2v) is 10.9. The Balaban J connectivity index is 1.79. The summed E-state index contributed by atoms with van der Waals surface area (Å²) in [6, 6.07) is 12.8. The fraction of sp³-hybridized carbons (Fsp3) is 0.294. The van der Waals surface area contributed by atoms with Crippen LogP contribution in [0.4, 0.5) is 0 Å². The normalized spacial score (nSPS) is 22.0. The molecule has 5 nitrogen and oxygen atoms in total. The van der Waals surface area contributed by atoms with E-state index in [2.05, 4.69) is 0 Å². The molecule has 2 heterocycles. The molecule has 2 aromatic rings. The van der Waals surface area contributed by atoms with Crippen LogP contribution in [-0.2, 0) is 19.9 Å². The van der Waals surface area contributed by atoms with E-state index in [0.29, 0.717) is 0 Å². The van der Waals surface area contributed by atoms with Crippen molar-refractivity contribution in [2.24, 2.45) is 0 Å². The highest BCUT2D eigenvalue weighted by Gasteiger charge is 2.34. The molecule has 134 valence electrons. The number of hydrogen-bond donors (Lipinski definition) is 0. The highest BCUT2D eigenvalue weighted by atomic mass is 32.2. The summed E-state index contributed by atoms with van der Waals surface area (Å²) in [6.45, 7) is 0.189. The van der Waals surface area contributed by atoms with Crippen molar-refractivity contribution < 1.29 is 16.8 Å². The summed E-state index contributed by atoms with van der Waals surface area (Å²) in [7, 11) is -7.02. The van der Waals surface area contributed by atoms with Crippen molar-refractivity contribution in [1.29, 1.82) is 0 Å². The third-order valence-corrected chi connectivity index (χ3v) is 8.96. The maximum atomic E-state index is 12.6. The minimum Gasteiger partial charge on any atom is -0.228 e. The lowest BCUT2D eigenvalue weighted by Crippen LogP contribution is -2.32. The highest BCUT2D eigenvalue weighted by Crippen LogP contribution is 2.33. The summed E-state index contributed by atoms with van der Waals surface area (Å²) in [6.07, 6.45) is 1.81. The van der Waals surface area contributed by atoms with Crippen molar-refractivity contribution in [2.75, 3.05) is 18.8 Å². The van der Waals surface area contributed by atoms with E-state index in [1.54, 1.807) is 6.07 Å². The molecule has 1 saturated heterocycles. The first-order chi connectivity index (χ1) is 11.9. The molecule has 3 rings (SSSR count). The van der Waals surface area contributed by atoms with E-state index in [1.807, 2.05) is 41.8 Å². The first-order valence-corrected chi connectivity index (χ1v) is 12.0. The predicted molar refractivity (Wildman–Crippen MR) is 101 cm³/mol. The molecule has 1 aromatic heterocycles. The maximum Gasteiger partial charge on any atom is 0.236 e. The van der Waals surface area contributed by atoms with Gasteiger partial charge >= 0.3 is 0 Å². The van der Waals surface area contributed by atoms with Crippen LogP contribution in [0.1, 0.15) is 22.1 Å². The molecular formula is C17H19NO4S3. The zero-order valence-electron chi connectivity index (χ0n) is 13.5. The van der Waals surface area contributed by atoms with Gasteiger partial charge in [-0.15, -0.1) is 11.3 Å². The first-order valence-electron chi connectivity index (χ1n) is 7.87. The van der Waals surface area contributed by atoms with Gasteiger partial charge in [0, 0.05) is 23.4 Å². The largest absolute Gasteiger partial charge is 0.236 e. The summed E-state index contributed by atoms with van der Waals surface area (Å²) >= 11 is 1.40. The smallest absolute Gasteiger partial charge is 0.228 e. The van der Waals surface area contributed by atoms with E-state index in [4.69, 9.17) is 0 Å². The average Bonchev–Trinajstić information content (AvgIpc) is 3.05. The van der Waals surface area contributed by atoms with Gasteiger partial charge in [-0.3, -0.25) is 0 Å². The second-order valence-electron chi connectivity index (χ2n) is 5.82. The van der Waals surface area contributed by atoms with Crippen molar-refractivity contribution in [3.8, 4) is 0 Å². The van der Waals surface area contributed by atoms with E-state index >= 15 is 0 Å². The average molecular weight is 398 g/mol. The molecule has 1 aliphatic heterocycles. The standard InChI is InChI=1S/C17H19NO4S3/c19-24(20)14-11-18(10-8-17(24)16-7-4-12-23-16)25(21,22)13-9-15-5-2-1-3-6-15/h1-7,9,12-13,17H,8,10-11,14H2/b13-9+. The Kier molecular flexibility index (Phi) is 5.43. The topological polar surface area (TPSA) is 71.5 Å². The second kappa shape index (κ2) is 7.41. The van der Waals surface area contributed by atoms with Gasteiger partial charge in [-0.1, -0.05) is 36.4 Å². The van der Waals surface area contributed by atoms with E-state index in [9.17, 15) is 16.8 Å². The van der Waals surface area contributed by atoms with E-state index in [1.165, 1.54) is 21.7 Å². The molecule has 25 heavy (non-hydrogen) atoms. The number of hydrogen-bond acceptors (Lipinski definition) is 5. The first kappa shape index (κ1) is 18.3. The SMILES string of the molecule is O=S1(=O)CCN(S(=O)(=O)/C=C/c2ccccc2)CCC1c1cccs1. The van der Waals surface area contributed by atoms with E-state index in [-0.39, 0.29) is 25.3 Å². The van der Waals surface area contributed by atoms with E-state index in [0.717, 1.165) is 15.8 Å². The molecule has 8 heteroatoms. The van der Waals surface area contributed by atoms with Gasteiger partial charge in [-0.05, 0) is 29.5 Å². The fourth-order valence-electron chi connectivity index (χ4n) is 2.79. The van der Waals surface area contributed by atoms with Gasteiger partial charge in [0.15, 0.2) is 9.84 Å². The van der Waals surface area contributed by atoms with Gasteiger partial charge in [0.05, 0.1) is 11.0 Å². The minimum absolute atomic E-state index is 0.00826. The molecule has 0 N–H and O–H groups in total. The molecule has 0 radical (unpaired) electrons. The molecule has 1 atom stereocenters. The molecule has 0 amide bonds. The van der Waals surface area contributed by atoms with Crippen molar-refractivity contribution in [3.63, 3.8) is 0 Å². The van der Waals surface area contributed by atoms with Crippen molar-refractivity contribution in [1.82, 2.24) is 4.31 Å². The van der Waals surface area contributed by atoms with Gasteiger partial charge in [0.1, 0.15) is 0 Å². The van der Waals surface area contributed by atoms with Crippen LogP contribution >= 0.6 is 11.3 Å². The van der Waals surface area contributed by atoms with Crippen LogP contribution in [0.25, 0.3) is 6.08 Å². The molecule has 0 bridgehead atoms. The van der Waals surface area contributed by atoms with Gasteiger partial charge in [-0.2, -0.15) is 4.31 Å². The summed E-state index contributed by atoms with van der Waals surface area (Å²) in [5.74, 6) is -0.159. The Morgan fingerprint density at radius 2 is 1.84 bits per heavy atom. The minimum atomic E-state index is -3.66. The molecule has 1 fully saturated rings. The highest BCUT2D eigenvalue weighted by molar-refractivity contribution is 7.93. The number of thiophene rings is 1. The van der Waals surface area contributed by atoms with Gasteiger partial charge in [-0.25, -0.2) is 16.8 Å². The molecule has 0 aliphatic carbocycles. The number of sulfonamides is 1. The van der Waals surface area contributed by atoms with Crippen LogP contribution in [-0.4, -0.2) is 40.0 Å². The summed E-state index contributed by atoms with van der Waals surface area (Å²) in [5.41, 5.74) is 0.782. The lowest BCUT2D eigenvalue weighted by atomic mass is 10.2. The Hall–Kier alpha value is -1.48. The van der Waals surface area contributed by atoms with Crippen molar-refractivity contribution in [2.45, 2.75) is 11.7 Å². The van der Waals surface area contributed by atoms with Crippen LogP contribution in [0.15, 0.2) is 53.3 Å². The molecule has 0 saturated carbocycles. The fourth-order valence-corrected chi connectivity index (χ4v) is 7.11. The zero-order valence-corrected chi connectivity index (χ0v) is 15.9. The monoisotopic (exact) mass is 397 g/mol. The van der Waals surface area contributed by atoms with Gasteiger partial charge in [0.2, 0.25) is 10.0 Å². The lowest BCUT2D eigenvalue weighted by Gasteiger charge is -2.17. The third-order valence-electron chi connectivity index (χ3n) is 4.15. The quantitative estimate of drug-likeness (QED) is 0.795. The van der Waals surface area contributed by atoms with Crippen LogP contribution in [0.3, 0.4) is 0 Å². The third kappa shape index (κ3) is 4.38. The molecule has 0 spiro atoms. The van der Waals surface area contributed by atoms with E-state index < -0.39 is 25.1 Å². The maximum absolute atomic E-state index is 12.6. The van der Waals surface area contributed by atoms with Crippen LogP contribution in [0.5, 0.6) is 0 Å². The van der Waals surface area contributed by atoms with Gasteiger partial charge < -0.3 is 0 Å². The Labute approximate surface area is 152 Å². The van der Waals surface area contributed by atoms with Crippen LogP contribution in [0, 0.1) is 0 Å². The lowest BCUT2D eigenvalue weighted by molar-refractivity contribution is 0.435. The van der Waals surface area contributed by atoms with Gasteiger partial charge in [0.25, 0.3) is 0 Å². The molecular weight excluding hydrogens is 378 g/mol. The predicted octanol–water partition coefficient (Wildman–Crippen LogP) is 2.91. The number of rotatable bonds is 4. The number of benzene rings is 1. The number of sulfone groups is 1. The van der Waals surface area contributed by atoms with Crippen molar-refractivity contribution in [3.05, 3.63) is 63.7 Å². The van der Waals surface area contributed by atoms with Crippen LogP contribution < -0.4 is 0 Å². The summed E-state index contributed by atoms with van der Waals surface area (Å²) < 4.78 is 51.4. The zero-order chi connectivity index (χ0) is 17.9. The molecule has 1 aromatic carbocycles. The summed E-state index contributed by atoms with van der Waals surface area (Å²) in [5, 5.41) is 2.37. The Bertz CT molecular complexity index is 933. The molecule has 1 unspecified atom stereocenters. The van der Waals surface area contributed by atoms with Crippen molar-refractivity contribution >= 4 is 37.3 Å². The Morgan fingerprint density at radius 1 is 1.08 bits per heavy atom. The number of nitrogens with zero attached hydrogens (tertiary/aromatic N) is 1. The molecule has 1 aliphatic rings. The summed E-state index contributed by atoms with van der Waals surface area (Å²) in [4.78, 5) is 0.777. The Morgan fingerprint density at radius 3 is 2.52 bits per heavy atom. The van der Waals surface area contributed by atoms with Crippen LogP contribution in [0.2, 0.25) is 0 Å².